The highest BCUT2D eigenvalue weighted by molar-refractivity contribution is 7.25. The smallest absolute Gasteiger partial charge is 0.160 e. The van der Waals surface area contributed by atoms with Crippen LogP contribution in [0, 0.1) is 0 Å². The van der Waals surface area contributed by atoms with Crippen LogP contribution in [0.4, 0.5) is 0 Å². The molecule has 2 bridgehead atoms. The van der Waals surface area contributed by atoms with Crippen molar-refractivity contribution in [2.24, 2.45) is 0 Å². The first-order valence-electron chi connectivity index (χ1n) is 21.3. The van der Waals surface area contributed by atoms with Crippen molar-refractivity contribution in [3.8, 4) is 39.6 Å². The molecule has 0 fully saturated rings. The topological polar surface area (TPSA) is 57.0 Å². The molecule has 5 aromatic heterocycles. The van der Waals surface area contributed by atoms with Crippen molar-refractivity contribution in [2.45, 2.75) is 6.42 Å². The van der Waals surface area contributed by atoms with Gasteiger partial charge in [0.1, 0.15) is 16.7 Å². The minimum atomic E-state index is 0.621. The molecule has 0 atom stereocenters. The first-order valence-corrected chi connectivity index (χ1v) is 22.2. The van der Waals surface area contributed by atoms with E-state index in [1.807, 2.05) is 29.5 Å². The van der Waals surface area contributed by atoms with E-state index in [4.69, 9.17) is 18.8 Å². The van der Waals surface area contributed by atoms with Gasteiger partial charge >= 0.3 is 0 Å². The van der Waals surface area contributed by atoms with Gasteiger partial charge in [-0.1, -0.05) is 109 Å². The van der Waals surface area contributed by atoms with Crippen LogP contribution in [0.1, 0.15) is 11.1 Å². The standard InChI is InChI=1S/C57H31N3O2S/c1-2-10-33-28-47-44(27-32(33)9-1)36-20-17-31-25-45-53(34-18-21-39-37-11-3-6-14-48(37)61-50(39)29-34)58-57(35-19-22-41-40-13-5-8-16-51(40)63-52(41)30-35)59-54(45)43-24-23-42-38-12-4-7-15-49(38)62-56(42)55(43)60(47)46(36)26-31/h1-24,26-30H,25H2. The fourth-order valence-corrected chi connectivity index (χ4v) is 11.6. The predicted octanol–water partition coefficient (Wildman–Crippen LogP) is 15.8. The Kier molecular flexibility index (Phi) is 6.56. The molecule has 0 radical (unpaired) electrons. The monoisotopic (exact) mass is 821 g/mol. The molecule has 1 aliphatic rings. The van der Waals surface area contributed by atoms with E-state index < -0.39 is 0 Å². The summed E-state index contributed by atoms with van der Waals surface area (Å²) in [6, 6.07) is 63.3. The van der Waals surface area contributed by atoms with Crippen molar-refractivity contribution in [3.63, 3.8) is 0 Å². The number of furan rings is 2. The number of nitrogens with zero attached hydrogens (tertiary/aromatic N) is 3. The molecule has 1 aliphatic heterocycles. The summed E-state index contributed by atoms with van der Waals surface area (Å²) in [5.41, 5.74) is 13.5. The van der Waals surface area contributed by atoms with Crippen molar-refractivity contribution >= 4 is 108 Å². The van der Waals surface area contributed by atoms with E-state index in [9.17, 15) is 0 Å². The van der Waals surface area contributed by atoms with Gasteiger partial charge in [-0.3, -0.25) is 0 Å². The van der Waals surface area contributed by atoms with E-state index >= 15 is 0 Å². The summed E-state index contributed by atoms with van der Waals surface area (Å²) in [6.45, 7) is 0. The van der Waals surface area contributed by atoms with Gasteiger partial charge in [0, 0.05) is 81.2 Å². The maximum Gasteiger partial charge on any atom is 0.160 e. The Morgan fingerprint density at radius 1 is 0.444 bits per heavy atom. The minimum Gasteiger partial charge on any atom is -0.456 e. The van der Waals surface area contributed by atoms with Crippen molar-refractivity contribution in [1.29, 1.82) is 0 Å². The van der Waals surface area contributed by atoms with Crippen LogP contribution in [0.3, 0.4) is 0 Å². The van der Waals surface area contributed by atoms with Crippen LogP contribution in [-0.2, 0) is 6.42 Å². The molecule has 0 N–H and O–H groups in total. The van der Waals surface area contributed by atoms with Crippen molar-refractivity contribution < 1.29 is 8.83 Å². The highest BCUT2D eigenvalue weighted by Gasteiger charge is 2.29. The molecule has 0 unspecified atom stereocenters. The maximum absolute atomic E-state index is 7.02. The van der Waals surface area contributed by atoms with Gasteiger partial charge in [0.15, 0.2) is 11.4 Å². The Balaban J connectivity index is 1.09. The molecule has 15 rings (SSSR count). The zero-order valence-corrected chi connectivity index (χ0v) is 34.3. The van der Waals surface area contributed by atoms with Crippen LogP contribution in [-0.4, -0.2) is 14.5 Å². The number of hydrogen-bond acceptors (Lipinski definition) is 5. The number of para-hydroxylation sites is 2. The van der Waals surface area contributed by atoms with Crippen LogP contribution in [0.15, 0.2) is 185 Å². The number of hydrogen-bond donors (Lipinski definition) is 0. The molecule has 6 heterocycles. The number of aromatic nitrogens is 3. The molecule has 6 heteroatoms. The lowest BCUT2D eigenvalue weighted by Crippen LogP contribution is -2.06. The second-order valence-corrected chi connectivity index (χ2v) is 17.9. The lowest BCUT2D eigenvalue weighted by Gasteiger charge is -2.19. The van der Waals surface area contributed by atoms with Crippen LogP contribution >= 0.6 is 11.3 Å². The van der Waals surface area contributed by atoms with Gasteiger partial charge < -0.3 is 13.4 Å². The molecule has 0 aliphatic carbocycles. The lowest BCUT2D eigenvalue weighted by atomic mass is 9.92. The minimum absolute atomic E-state index is 0.621. The van der Waals surface area contributed by atoms with Gasteiger partial charge in [-0.15, -0.1) is 11.3 Å². The summed E-state index contributed by atoms with van der Waals surface area (Å²) in [5.74, 6) is 0.669. The molecule has 0 spiro atoms. The van der Waals surface area contributed by atoms with Gasteiger partial charge in [-0.2, -0.15) is 0 Å². The molecule has 63 heavy (non-hydrogen) atoms. The largest absolute Gasteiger partial charge is 0.456 e. The van der Waals surface area contributed by atoms with E-state index in [1.165, 1.54) is 47.3 Å². The summed E-state index contributed by atoms with van der Waals surface area (Å²) < 4.78 is 18.5. The van der Waals surface area contributed by atoms with E-state index in [2.05, 4.69) is 162 Å². The normalized spacial score (nSPS) is 12.7. The lowest BCUT2D eigenvalue weighted by molar-refractivity contribution is 0.666. The SMILES string of the molecule is c1ccc2cc3c(cc2c1)c1ccc2cc1n3-c1c(ccc3c1oc1ccccc13)-c1nc(-c3ccc4c(c3)sc3ccccc34)nc(-c3ccc4c(c3)oc3ccccc34)c1C2. The molecule has 9 aromatic carbocycles. The van der Waals surface area contributed by atoms with Crippen molar-refractivity contribution in [2.75, 3.05) is 0 Å². The first-order chi connectivity index (χ1) is 31.2. The molecule has 292 valence electrons. The number of benzene rings is 9. The third kappa shape index (κ3) is 4.70. The Morgan fingerprint density at radius 2 is 1.10 bits per heavy atom. The molecule has 14 aromatic rings. The summed E-state index contributed by atoms with van der Waals surface area (Å²) >= 11 is 1.81. The molecular weight excluding hydrogens is 791 g/mol. The highest BCUT2D eigenvalue weighted by Crippen LogP contribution is 2.47. The number of rotatable bonds is 2. The van der Waals surface area contributed by atoms with Crippen molar-refractivity contribution in [3.05, 3.63) is 187 Å². The molecule has 5 nitrogen and oxygen atoms in total. The number of thiophene rings is 1. The Morgan fingerprint density at radius 3 is 1.98 bits per heavy atom. The molecule has 0 saturated heterocycles. The Labute approximate surface area is 362 Å². The highest BCUT2D eigenvalue weighted by atomic mass is 32.1. The fraction of sp³-hybridized carbons (Fsp3) is 0.0175. The Bertz CT molecular complexity index is 4320. The van der Waals surface area contributed by atoms with Crippen molar-refractivity contribution in [1.82, 2.24) is 14.5 Å². The van der Waals surface area contributed by atoms with Gasteiger partial charge in [-0.05, 0) is 83.1 Å². The summed E-state index contributed by atoms with van der Waals surface area (Å²) in [6.07, 6.45) is 0.621. The van der Waals surface area contributed by atoms with Crippen LogP contribution in [0.25, 0.3) is 136 Å². The van der Waals surface area contributed by atoms with Gasteiger partial charge in [0.05, 0.1) is 28.1 Å². The van der Waals surface area contributed by atoms with Gasteiger partial charge in [-0.25, -0.2) is 9.97 Å². The zero-order chi connectivity index (χ0) is 40.9. The van der Waals surface area contributed by atoms with E-state index in [0.29, 0.717) is 12.2 Å². The maximum atomic E-state index is 7.02. The summed E-state index contributed by atoms with van der Waals surface area (Å²) in [5, 5.41) is 11.6. The van der Waals surface area contributed by atoms with E-state index in [1.54, 1.807) is 0 Å². The molecular formula is C57H31N3O2S. The summed E-state index contributed by atoms with van der Waals surface area (Å²) in [4.78, 5) is 11.3. The van der Waals surface area contributed by atoms with E-state index in [-0.39, 0.29) is 0 Å². The second kappa shape index (κ2) is 12.3. The summed E-state index contributed by atoms with van der Waals surface area (Å²) in [7, 11) is 0. The molecule has 0 amide bonds. The predicted molar refractivity (Wildman–Crippen MR) is 260 cm³/mol. The zero-order valence-electron chi connectivity index (χ0n) is 33.5. The first kappa shape index (κ1) is 33.6. The average molecular weight is 822 g/mol. The fourth-order valence-electron chi connectivity index (χ4n) is 10.5. The molecule has 0 saturated carbocycles. The quantitative estimate of drug-likeness (QED) is 0.174. The Hall–Kier alpha value is -8.06. The van der Waals surface area contributed by atoms with Crippen LogP contribution in [0.5, 0.6) is 0 Å². The average Bonchev–Trinajstić information content (AvgIpc) is 4.09. The van der Waals surface area contributed by atoms with Gasteiger partial charge in [0.25, 0.3) is 0 Å². The van der Waals surface area contributed by atoms with Crippen LogP contribution < -0.4 is 0 Å². The van der Waals surface area contributed by atoms with Gasteiger partial charge in [0.2, 0.25) is 0 Å². The van der Waals surface area contributed by atoms with Crippen LogP contribution in [0.2, 0.25) is 0 Å². The third-order valence-electron chi connectivity index (χ3n) is 13.4. The third-order valence-corrected chi connectivity index (χ3v) is 14.5. The number of fused-ring (bicyclic) bond motifs is 19. The van der Waals surface area contributed by atoms with E-state index in [0.717, 1.165) is 94.2 Å². The second-order valence-electron chi connectivity index (χ2n) is 16.9.